The van der Waals surface area contributed by atoms with Gasteiger partial charge in [-0.15, -0.1) is 0 Å². The van der Waals surface area contributed by atoms with Gasteiger partial charge in [-0.25, -0.2) is 4.79 Å². The summed E-state index contributed by atoms with van der Waals surface area (Å²) in [4.78, 5) is 24.8. The van der Waals surface area contributed by atoms with Crippen molar-refractivity contribution in [3.63, 3.8) is 0 Å². The highest BCUT2D eigenvalue weighted by Gasteiger charge is 2.40. The van der Waals surface area contributed by atoms with Crippen LogP contribution in [-0.2, 0) is 4.79 Å². The van der Waals surface area contributed by atoms with Gasteiger partial charge < -0.3 is 19.6 Å². The molecule has 0 atom stereocenters. The average Bonchev–Trinajstić information content (AvgIpc) is 2.63. The Balaban J connectivity index is 1.94. The smallest absolute Gasteiger partial charge is 0.336 e. The maximum absolute atomic E-state index is 13.0. The zero-order valence-corrected chi connectivity index (χ0v) is 14.8. The Labute approximate surface area is 154 Å². The summed E-state index contributed by atoms with van der Waals surface area (Å²) in [5.41, 5.74) is -0.134. The lowest BCUT2D eigenvalue weighted by molar-refractivity contribution is -0.126. The minimum absolute atomic E-state index is 0.0535. The molecule has 4 rings (SSSR count). The number of carbonyl (C=O) groups is 1. The molecule has 0 saturated carbocycles. The second-order valence-corrected chi connectivity index (χ2v) is 6.77. The Kier molecular flexibility index (Phi) is 3.77. The SMILES string of the molecule is CC1(C)Oc2ccc3ccc(=O)oc3c2C(=CNc2ccccc2O)C1=O. The molecule has 1 aromatic heterocycles. The average molecular weight is 363 g/mol. The van der Waals surface area contributed by atoms with Gasteiger partial charge in [0, 0.05) is 17.7 Å². The van der Waals surface area contributed by atoms with Crippen molar-refractivity contribution >= 4 is 28.0 Å². The van der Waals surface area contributed by atoms with E-state index in [1.807, 2.05) is 0 Å². The zero-order valence-electron chi connectivity index (χ0n) is 14.8. The molecule has 2 heterocycles. The minimum Gasteiger partial charge on any atom is -0.506 e. The largest absolute Gasteiger partial charge is 0.506 e. The van der Waals surface area contributed by atoms with E-state index in [-0.39, 0.29) is 17.1 Å². The molecule has 2 aromatic carbocycles. The second-order valence-electron chi connectivity index (χ2n) is 6.77. The van der Waals surface area contributed by atoms with Gasteiger partial charge in [0.15, 0.2) is 5.60 Å². The number of rotatable bonds is 2. The van der Waals surface area contributed by atoms with Gasteiger partial charge in [-0.3, -0.25) is 4.79 Å². The van der Waals surface area contributed by atoms with Crippen LogP contribution in [0.5, 0.6) is 11.5 Å². The van der Waals surface area contributed by atoms with E-state index in [4.69, 9.17) is 9.15 Å². The number of Topliss-reactive ketones (excluding diaryl/α,β-unsaturated/α-hetero) is 1. The summed E-state index contributed by atoms with van der Waals surface area (Å²) in [5.74, 6) is 0.238. The summed E-state index contributed by atoms with van der Waals surface area (Å²) in [7, 11) is 0. The number of phenols is 1. The van der Waals surface area contributed by atoms with E-state index in [1.165, 1.54) is 12.3 Å². The first-order valence-corrected chi connectivity index (χ1v) is 8.42. The predicted octanol–water partition coefficient (Wildman–Crippen LogP) is 3.69. The maximum atomic E-state index is 13.0. The topological polar surface area (TPSA) is 88.8 Å². The third-order valence-electron chi connectivity index (χ3n) is 4.45. The normalized spacial score (nSPS) is 16.8. The van der Waals surface area contributed by atoms with Crippen molar-refractivity contribution in [1.29, 1.82) is 0 Å². The summed E-state index contributed by atoms with van der Waals surface area (Å²) in [5, 5.41) is 13.6. The molecule has 3 aromatic rings. The molecule has 0 unspecified atom stereocenters. The summed E-state index contributed by atoms with van der Waals surface area (Å²) < 4.78 is 11.2. The molecular formula is C21H17NO5. The molecule has 0 saturated heterocycles. The molecule has 1 aliphatic rings. The van der Waals surface area contributed by atoms with Gasteiger partial charge in [0.1, 0.15) is 17.1 Å². The van der Waals surface area contributed by atoms with Gasteiger partial charge >= 0.3 is 5.63 Å². The second kappa shape index (κ2) is 6.02. The lowest BCUT2D eigenvalue weighted by Gasteiger charge is -2.32. The number of carbonyl (C=O) groups excluding carboxylic acids is 1. The van der Waals surface area contributed by atoms with E-state index in [0.29, 0.717) is 28.0 Å². The number of hydrogen-bond donors (Lipinski definition) is 2. The fourth-order valence-electron chi connectivity index (χ4n) is 3.10. The molecule has 0 spiro atoms. The van der Waals surface area contributed by atoms with Crippen LogP contribution >= 0.6 is 0 Å². The predicted molar refractivity (Wildman–Crippen MR) is 102 cm³/mol. The first-order chi connectivity index (χ1) is 12.9. The molecule has 1 aliphatic heterocycles. The van der Waals surface area contributed by atoms with Gasteiger partial charge in [-0.05, 0) is 44.2 Å². The van der Waals surface area contributed by atoms with Gasteiger partial charge in [-0.1, -0.05) is 12.1 Å². The van der Waals surface area contributed by atoms with E-state index in [2.05, 4.69) is 5.32 Å². The van der Waals surface area contributed by atoms with Crippen molar-refractivity contribution in [3.05, 3.63) is 70.7 Å². The van der Waals surface area contributed by atoms with Crippen molar-refractivity contribution in [2.45, 2.75) is 19.4 Å². The molecule has 27 heavy (non-hydrogen) atoms. The maximum Gasteiger partial charge on any atom is 0.336 e. The molecule has 0 amide bonds. The standard InChI is InChI=1S/C21H17NO5/c1-21(2)20(25)13(11-22-14-5-3-4-6-15(14)23)18-16(27-21)9-7-12-8-10-17(24)26-19(12)18/h3-11,22-23H,1-2H3. The third kappa shape index (κ3) is 2.85. The molecular weight excluding hydrogens is 346 g/mol. The minimum atomic E-state index is -1.08. The lowest BCUT2D eigenvalue weighted by Crippen LogP contribution is -2.42. The molecule has 6 nitrogen and oxygen atoms in total. The van der Waals surface area contributed by atoms with E-state index in [9.17, 15) is 14.7 Å². The number of ether oxygens (including phenoxy) is 1. The van der Waals surface area contributed by atoms with Crippen LogP contribution in [0.1, 0.15) is 19.4 Å². The third-order valence-corrected chi connectivity index (χ3v) is 4.45. The van der Waals surface area contributed by atoms with Crippen molar-refractivity contribution in [3.8, 4) is 11.5 Å². The van der Waals surface area contributed by atoms with Crippen LogP contribution in [0.3, 0.4) is 0 Å². The molecule has 0 bridgehead atoms. The Bertz CT molecular complexity index is 1160. The van der Waals surface area contributed by atoms with Crippen LogP contribution in [0, 0.1) is 0 Å². The first kappa shape index (κ1) is 16.9. The van der Waals surface area contributed by atoms with Crippen molar-refractivity contribution < 1.29 is 19.1 Å². The fourth-order valence-corrected chi connectivity index (χ4v) is 3.10. The van der Waals surface area contributed by atoms with Gasteiger partial charge in [0.25, 0.3) is 0 Å². The Morgan fingerprint density at radius 1 is 1.04 bits per heavy atom. The van der Waals surface area contributed by atoms with Crippen molar-refractivity contribution in [2.75, 3.05) is 5.32 Å². The number of para-hydroxylation sites is 2. The van der Waals surface area contributed by atoms with Crippen LogP contribution in [0.2, 0.25) is 0 Å². The highest BCUT2D eigenvalue weighted by atomic mass is 16.5. The van der Waals surface area contributed by atoms with E-state index < -0.39 is 11.2 Å². The number of anilines is 1. The van der Waals surface area contributed by atoms with Crippen molar-refractivity contribution in [1.82, 2.24) is 0 Å². The monoisotopic (exact) mass is 363 g/mol. The summed E-state index contributed by atoms with van der Waals surface area (Å²) in [6, 6.07) is 13.2. The Morgan fingerprint density at radius 3 is 2.56 bits per heavy atom. The number of fused-ring (bicyclic) bond motifs is 3. The zero-order chi connectivity index (χ0) is 19.2. The van der Waals surface area contributed by atoms with E-state index >= 15 is 0 Å². The highest BCUT2D eigenvalue weighted by Crippen LogP contribution is 2.41. The number of hydrogen-bond acceptors (Lipinski definition) is 6. The Morgan fingerprint density at radius 2 is 1.78 bits per heavy atom. The molecule has 0 aliphatic carbocycles. The molecule has 136 valence electrons. The molecule has 2 N–H and O–H groups in total. The van der Waals surface area contributed by atoms with Crippen molar-refractivity contribution in [2.24, 2.45) is 0 Å². The van der Waals surface area contributed by atoms with Gasteiger partial charge in [0.2, 0.25) is 5.78 Å². The summed E-state index contributed by atoms with van der Waals surface area (Å²) >= 11 is 0. The number of aromatic hydroxyl groups is 1. The van der Waals surface area contributed by atoms with Crippen LogP contribution in [0.15, 0.2) is 63.9 Å². The van der Waals surface area contributed by atoms with Gasteiger partial charge in [0.05, 0.1) is 16.8 Å². The highest BCUT2D eigenvalue weighted by molar-refractivity contribution is 6.28. The van der Waals surface area contributed by atoms with Crippen LogP contribution in [0.25, 0.3) is 16.5 Å². The fraction of sp³-hybridized carbons (Fsp3) is 0.143. The van der Waals surface area contributed by atoms with Gasteiger partial charge in [-0.2, -0.15) is 0 Å². The lowest BCUT2D eigenvalue weighted by atomic mass is 9.87. The van der Waals surface area contributed by atoms with Crippen LogP contribution in [-0.4, -0.2) is 16.5 Å². The number of phenolic OH excluding ortho intramolecular Hbond substituents is 1. The number of ketones is 1. The molecule has 0 fully saturated rings. The number of nitrogens with one attached hydrogen (secondary N) is 1. The number of benzene rings is 2. The first-order valence-electron chi connectivity index (χ1n) is 8.42. The van der Waals surface area contributed by atoms with Crippen LogP contribution < -0.4 is 15.7 Å². The molecule has 0 radical (unpaired) electrons. The molecule has 6 heteroatoms. The van der Waals surface area contributed by atoms with Crippen LogP contribution in [0.4, 0.5) is 5.69 Å². The quantitative estimate of drug-likeness (QED) is 0.410. The summed E-state index contributed by atoms with van der Waals surface area (Å²) in [6.45, 7) is 3.36. The Hall–Kier alpha value is -3.54. The van der Waals surface area contributed by atoms with E-state index in [0.717, 1.165) is 0 Å². The summed E-state index contributed by atoms with van der Waals surface area (Å²) in [6.07, 6.45) is 1.51. The van der Waals surface area contributed by atoms with E-state index in [1.54, 1.807) is 56.3 Å².